The average Bonchev–Trinajstić information content (AvgIpc) is 2.49. The fourth-order valence-electron chi connectivity index (χ4n) is 1.93. The van der Waals surface area contributed by atoms with E-state index in [-0.39, 0.29) is 24.4 Å². The zero-order valence-corrected chi connectivity index (χ0v) is 12.9. The number of rotatable bonds is 7. The van der Waals surface area contributed by atoms with Crippen molar-refractivity contribution in [1.82, 2.24) is 0 Å². The van der Waals surface area contributed by atoms with Gasteiger partial charge in [-0.2, -0.15) is 0 Å². The van der Waals surface area contributed by atoms with E-state index in [0.29, 0.717) is 5.56 Å². The molecule has 4 nitrogen and oxygen atoms in total. The monoisotopic (exact) mass is 306 g/mol. The number of hydrogen-bond acceptors (Lipinski definition) is 4. The standard InChI is InChI=1S/C17H19FO4/c1-4-14(17(21)22-5-2)16(20)15(19)11(3)10-12-6-8-13(18)9-7-12/h6-10,14H,4-5H2,1-3H3/b11-10+. The number of hydrogen-bond donors (Lipinski definition) is 0. The number of esters is 1. The first-order valence-corrected chi connectivity index (χ1v) is 7.09. The topological polar surface area (TPSA) is 60.4 Å². The Labute approximate surface area is 129 Å². The molecule has 118 valence electrons. The minimum absolute atomic E-state index is 0.154. The van der Waals surface area contributed by atoms with Crippen molar-refractivity contribution in [2.24, 2.45) is 5.92 Å². The van der Waals surface area contributed by atoms with E-state index in [9.17, 15) is 18.8 Å². The molecule has 0 amide bonds. The van der Waals surface area contributed by atoms with E-state index < -0.39 is 23.5 Å². The van der Waals surface area contributed by atoms with Gasteiger partial charge in [0.2, 0.25) is 11.6 Å². The van der Waals surface area contributed by atoms with E-state index in [0.717, 1.165) is 0 Å². The molecule has 5 heteroatoms. The maximum absolute atomic E-state index is 12.8. The van der Waals surface area contributed by atoms with E-state index in [1.54, 1.807) is 13.8 Å². The second-order valence-electron chi connectivity index (χ2n) is 4.79. The molecule has 0 aromatic heterocycles. The lowest BCUT2D eigenvalue weighted by Crippen LogP contribution is -2.31. The quantitative estimate of drug-likeness (QED) is 0.336. The third-order valence-corrected chi connectivity index (χ3v) is 3.13. The van der Waals surface area contributed by atoms with Crippen molar-refractivity contribution in [3.63, 3.8) is 0 Å². The molecule has 0 aliphatic carbocycles. The number of benzene rings is 1. The molecule has 0 fully saturated rings. The Morgan fingerprint density at radius 2 is 1.77 bits per heavy atom. The molecule has 1 aromatic carbocycles. The molecule has 0 N–H and O–H groups in total. The highest BCUT2D eigenvalue weighted by molar-refractivity contribution is 6.47. The van der Waals surface area contributed by atoms with E-state index in [1.165, 1.54) is 37.3 Å². The molecule has 0 aliphatic rings. The fraction of sp³-hybridized carbons (Fsp3) is 0.353. The van der Waals surface area contributed by atoms with Crippen LogP contribution in [0.15, 0.2) is 29.8 Å². The lowest BCUT2D eigenvalue weighted by Gasteiger charge is -2.11. The first-order valence-electron chi connectivity index (χ1n) is 7.09. The fourth-order valence-corrected chi connectivity index (χ4v) is 1.93. The molecule has 1 unspecified atom stereocenters. The van der Waals surface area contributed by atoms with E-state index >= 15 is 0 Å². The van der Waals surface area contributed by atoms with Crippen LogP contribution in [0.25, 0.3) is 6.08 Å². The normalized spacial score (nSPS) is 12.6. The summed E-state index contributed by atoms with van der Waals surface area (Å²) in [6.07, 6.45) is 1.69. The van der Waals surface area contributed by atoms with Crippen molar-refractivity contribution >= 4 is 23.6 Å². The average molecular weight is 306 g/mol. The number of halogens is 1. The zero-order chi connectivity index (χ0) is 16.7. The third-order valence-electron chi connectivity index (χ3n) is 3.13. The molecular weight excluding hydrogens is 287 g/mol. The van der Waals surface area contributed by atoms with Gasteiger partial charge in [0, 0.05) is 5.57 Å². The van der Waals surface area contributed by atoms with Crippen molar-refractivity contribution in [2.45, 2.75) is 27.2 Å². The Hall–Kier alpha value is -2.30. The summed E-state index contributed by atoms with van der Waals surface area (Å²) >= 11 is 0. The Morgan fingerprint density at radius 3 is 2.27 bits per heavy atom. The molecule has 0 aliphatic heterocycles. The smallest absolute Gasteiger partial charge is 0.316 e. The number of carbonyl (C=O) groups is 3. The summed E-state index contributed by atoms with van der Waals surface area (Å²) in [4.78, 5) is 35.9. The summed E-state index contributed by atoms with van der Waals surface area (Å²) in [7, 11) is 0. The van der Waals surface area contributed by atoms with Crippen LogP contribution >= 0.6 is 0 Å². The maximum atomic E-state index is 12.8. The number of ketones is 2. The highest BCUT2D eigenvalue weighted by atomic mass is 19.1. The number of ether oxygens (including phenoxy) is 1. The predicted octanol–water partition coefficient (Wildman–Crippen LogP) is 2.96. The molecule has 0 spiro atoms. The second kappa shape index (κ2) is 8.22. The number of carbonyl (C=O) groups excluding carboxylic acids is 3. The molecule has 0 bridgehead atoms. The van der Waals surface area contributed by atoms with E-state index in [1.807, 2.05) is 0 Å². The van der Waals surface area contributed by atoms with Crippen molar-refractivity contribution in [1.29, 1.82) is 0 Å². The summed E-state index contributed by atoms with van der Waals surface area (Å²) in [5, 5.41) is 0. The Kier molecular flexibility index (Phi) is 6.63. The van der Waals surface area contributed by atoms with E-state index in [4.69, 9.17) is 4.74 Å². The summed E-state index contributed by atoms with van der Waals surface area (Å²) in [6.45, 7) is 4.92. The molecule has 1 atom stereocenters. The Balaban J connectivity index is 2.90. The van der Waals surface area contributed by atoms with Crippen molar-refractivity contribution in [2.75, 3.05) is 6.61 Å². The Morgan fingerprint density at radius 1 is 1.18 bits per heavy atom. The minimum Gasteiger partial charge on any atom is -0.465 e. The van der Waals surface area contributed by atoms with Gasteiger partial charge in [-0.1, -0.05) is 19.1 Å². The highest BCUT2D eigenvalue weighted by Gasteiger charge is 2.31. The molecule has 1 rings (SSSR count). The molecule has 1 aromatic rings. The van der Waals surface area contributed by atoms with Gasteiger partial charge in [0.05, 0.1) is 6.61 Å². The van der Waals surface area contributed by atoms with Crippen LogP contribution in [0.4, 0.5) is 4.39 Å². The van der Waals surface area contributed by atoms with Gasteiger partial charge in [-0.15, -0.1) is 0 Å². The van der Waals surface area contributed by atoms with Crippen LogP contribution in [0, 0.1) is 11.7 Å². The lowest BCUT2D eigenvalue weighted by atomic mass is 9.94. The van der Waals surface area contributed by atoms with Crippen LogP contribution in [0.5, 0.6) is 0 Å². The van der Waals surface area contributed by atoms with Crippen molar-refractivity contribution in [3.8, 4) is 0 Å². The third kappa shape index (κ3) is 4.62. The Bertz CT molecular complexity index is 587. The van der Waals surface area contributed by atoms with Crippen molar-refractivity contribution < 1.29 is 23.5 Å². The van der Waals surface area contributed by atoms with Crippen LogP contribution in [-0.4, -0.2) is 24.1 Å². The van der Waals surface area contributed by atoms with Gasteiger partial charge < -0.3 is 4.74 Å². The summed E-state index contributed by atoms with van der Waals surface area (Å²) in [5.74, 6) is -3.66. The lowest BCUT2D eigenvalue weighted by molar-refractivity contribution is -0.153. The molecule has 0 heterocycles. The van der Waals surface area contributed by atoms with E-state index in [2.05, 4.69) is 0 Å². The number of Topliss-reactive ketones (excluding diaryl/α,β-unsaturated/α-hetero) is 2. The van der Waals surface area contributed by atoms with Gasteiger partial charge in [-0.25, -0.2) is 4.39 Å². The summed E-state index contributed by atoms with van der Waals surface area (Å²) in [6, 6.07) is 5.52. The largest absolute Gasteiger partial charge is 0.465 e. The SMILES string of the molecule is CCOC(=O)C(CC)C(=O)C(=O)/C(C)=C/c1ccc(F)cc1. The van der Waals surface area contributed by atoms with Gasteiger partial charge in [0.15, 0.2) is 0 Å². The van der Waals surface area contributed by atoms with Crippen LogP contribution in [0.3, 0.4) is 0 Å². The van der Waals surface area contributed by atoms with Gasteiger partial charge in [0.1, 0.15) is 11.7 Å². The highest BCUT2D eigenvalue weighted by Crippen LogP contribution is 2.14. The zero-order valence-electron chi connectivity index (χ0n) is 12.9. The molecule has 0 saturated carbocycles. The molecule has 22 heavy (non-hydrogen) atoms. The first kappa shape index (κ1) is 17.8. The van der Waals surface area contributed by atoms with Gasteiger partial charge >= 0.3 is 5.97 Å². The van der Waals surface area contributed by atoms with Gasteiger partial charge in [-0.05, 0) is 44.0 Å². The second-order valence-corrected chi connectivity index (χ2v) is 4.79. The molecule has 0 saturated heterocycles. The number of allylic oxidation sites excluding steroid dienone is 1. The predicted molar refractivity (Wildman–Crippen MR) is 80.5 cm³/mol. The first-order chi connectivity index (χ1) is 10.4. The van der Waals surface area contributed by atoms with Crippen LogP contribution in [0.2, 0.25) is 0 Å². The molecule has 0 radical (unpaired) electrons. The van der Waals surface area contributed by atoms with Crippen LogP contribution < -0.4 is 0 Å². The van der Waals surface area contributed by atoms with Crippen LogP contribution in [0.1, 0.15) is 32.8 Å². The maximum Gasteiger partial charge on any atom is 0.316 e. The molecular formula is C17H19FO4. The van der Waals surface area contributed by atoms with Crippen molar-refractivity contribution in [3.05, 3.63) is 41.2 Å². The summed E-state index contributed by atoms with van der Waals surface area (Å²) < 4.78 is 17.6. The minimum atomic E-state index is -1.08. The van der Waals surface area contributed by atoms with Gasteiger partial charge in [-0.3, -0.25) is 14.4 Å². The summed E-state index contributed by atoms with van der Waals surface area (Å²) in [5.41, 5.74) is 0.795. The van der Waals surface area contributed by atoms with Crippen LogP contribution in [-0.2, 0) is 19.1 Å². The van der Waals surface area contributed by atoms with Gasteiger partial charge in [0.25, 0.3) is 0 Å².